The van der Waals surface area contributed by atoms with E-state index in [2.05, 4.69) is 46.5 Å². The molecule has 0 atom stereocenters. The summed E-state index contributed by atoms with van der Waals surface area (Å²) in [6.07, 6.45) is 1.72. The minimum absolute atomic E-state index is 0.200. The quantitative estimate of drug-likeness (QED) is 0.432. The molecule has 1 fully saturated rings. The van der Waals surface area contributed by atoms with Gasteiger partial charge < -0.3 is 9.30 Å². The van der Waals surface area contributed by atoms with Gasteiger partial charge in [0, 0.05) is 21.5 Å². The molecule has 0 radical (unpaired) electrons. The molecule has 0 unspecified atom stereocenters. The number of nitrogens with zero attached hydrogens (tertiary/aromatic N) is 2. The molecule has 1 aromatic heterocycles. The van der Waals surface area contributed by atoms with E-state index in [1.807, 2.05) is 19.9 Å². The number of amides is 2. The fourth-order valence-electron chi connectivity index (χ4n) is 3.50. The molecule has 2 heterocycles. The summed E-state index contributed by atoms with van der Waals surface area (Å²) in [5, 5.41) is -0.465. The first kappa shape index (κ1) is 22.4. The SMILES string of the molecule is CCOC(=O)CN1C(=O)S/C(=C\c2cc(C)n(-c3cc(C)c(Br)c(C)c3)c2C)C1=O. The van der Waals surface area contributed by atoms with Gasteiger partial charge in [0.15, 0.2) is 0 Å². The zero-order chi connectivity index (χ0) is 22.2. The molecule has 0 N–H and O–H groups in total. The smallest absolute Gasteiger partial charge is 0.326 e. The van der Waals surface area contributed by atoms with E-state index in [0.29, 0.717) is 4.91 Å². The van der Waals surface area contributed by atoms with E-state index >= 15 is 0 Å². The Bertz CT molecular complexity index is 1060. The van der Waals surface area contributed by atoms with Gasteiger partial charge in [0.1, 0.15) is 6.54 Å². The molecule has 0 bridgehead atoms. The number of carbonyl (C=O) groups excluding carboxylic acids is 3. The number of thioether (sulfide) groups is 1. The Balaban J connectivity index is 1.94. The van der Waals surface area contributed by atoms with E-state index in [-0.39, 0.29) is 13.2 Å². The van der Waals surface area contributed by atoms with Crippen LogP contribution in [0.15, 0.2) is 27.6 Å². The van der Waals surface area contributed by atoms with Crippen molar-refractivity contribution in [2.45, 2.75) is 34.6 Å². The zero-order valence-electron chi connectivity index (χ0n) is 17.5. The number of hydrogen-bond donors (Lipinski definition) is 0. The molecule has 1 aromatic carbocycles. The largest absolute Gasteiger partial charge is 0.465 e. The van der Waals surface area contributed by atoms with Gasteiger partial charge in [-0.2, -0.15) is 0 Å². The molecule has 1 aliphatic rings. The number of ether oxygens (including phenoxy) is 1. The third-order valence-corrected chi connectivity index (χ3v) is 7.06. The van der Waals surface area contributed by atoms with Crippen LogP contribution >= 0.6 is 27.7 Å². The van der Waals surface area contributed by atoms with Gasteiger partial charge in [0.25, 0.3) is 11.1 Å². The summed E-state index contributed by atoms with van der Waals surface area (Å²) in [7, 11) is 0. The maximum atomic E-state index is 12.7. The van der Waals surface area contributed by atoms with Crippen molar-refractivity contribution in [3.05, 3.63) is 55.7 Å². The van der Waals surface area contributed by atoms with Gasteiger partial charge in [-0.05, 0) is 87.3 Å². The highest BCUT2D eigenvalue weighted by atomic mass is 79.9. The van der Waals surface area contributed by atoms with E-state index < -0.39 is 17.1 Å². The molecular weight excluding hydrogens is 468 g/mol. The molecule has 1 aliphatic heterocycles. The molecule has 2 aromatic rings. The fourth-order valence-corrected chi connectivity index (χ4v) is 4.55. The number of esters is 1. The maximum Gasteiger partial charge on any atom is 0.326 e. The highest BCUT2D eigenvalue weighted by Gasteiger charge is 2.36. The lowest BCUT2D eigenvalue weighted by atomic mass is 10.1. The molecular formula is C22H23BrN2O4S. The van der Waals surface area contributed by atoms with Crippen LogP contribution in [0.4, 0.5) is 4.79 Å². The Kier molecular flexibility index (Phi) is 6.57. The Labute approximate surface area is 188 Å². The highest BCUT2D eigenvalue weighted by Crippen LogP contribution is 2.34. The fraction of sp³-hybridized carbons (Fsp3) is 0.318. The number of halogens is 1. The van der Waals surface area contributed by atoms with Crippen LogP contribution in [-0.4, -0.2) is 39.7 Å². The lowest BCUT2D eigenvalue weighted by Crippen LogP contribution is -2.34. The van der Waals surface area contributed by atoms with Crippen molar-refractivity contribution in [2.24, 2.45) is 0 Å². The van der Waals surface area contributed by atoms with Gasteiger partial charge >= 0.3 is 5.97 Å². The van der Waals surface area contributed by atoms with Crippen molar-refractivity contribution in [1.82, 2.24) is 9.47 Å². The molecule has 0 aliphatic carbocycles. The van der Waals surface area contributed by atoms with E-state index in [1.165, 1.54) is 0 Å². The summed E-state index contributed by atoms with van der Waals surface area (Å²) in [6, 6.07) is 6.20. The summed E-state index contributed by atoms with van der Waals surface area (Å²) in [5.41, 5.74) is 6.15. The second kappa shape index (κ2) is 8.81. The normalized spacial score (nSPS) is 15.4. The maximum absolute atomic E-state index is 12.7. The van der Waals surface area contributed by atoms with E-state index in [0.717, 1.165) is 54.9 Å². The predicted molar refractivity (Wildman–Crippen MR) is 122 cm³/mol. The second-order valence-corrected chi connectivity index (χ2v) is 8.91. The summed E-state index contributed by atoms with van der Waals surface area (Å²) >= 11 is 4.44. The van der Waals surface area contributed by atoms with E-state index in [1.54, 1.807) is 13.0 Å². The van der Waals surface area contributed by atoms with E-state index in [4.69, 9.17) is 4.74 Å². The lowest BCUT2D eigenvalue weighted by Gasteiger charge is -2.13. The van der Waals surface area contributed by atoms with Crippen LogP contribution in [0.5, 0.6) is 0 Å². The number of carbonyl (C=O) groups is 3. The second-order valence-electron chi connectivity index (χ2n) is 7.13. The molecule has 2 amide bonds. The Morgan fingerprint density at radius 1 is 1.13 bits per heavy atom. The van der Waals surface area contributed by atoms with Crippen LogP contribution in [-0.2, 0) is 14.3 Å². The number of hydrogen-bond acceptors (Lipinski definition) is 5. The molecule has 1 saturated heterocycles. The van der Waals surface area contributed by atoms with Crippen LogP contribution in [0, 0.1) is 27.7 Å². The third-order valence-electron chi connectivity index (χ3n) is 4.90. The van der Waals surface area contributed by atoms with Gasteiger partial charge in [0.05, 0.1) is 11.5 Å². The summed E-state index contributed by atoms with van der Waals surface area (Å²) in [6.45, 7) is 9.59. The van der Waals surface area contributed by atoms with Crippen molar-refractivity contribution in [2.75, 3.05) is 13.2 Å². The molecule has 3 rings (SSSR count). The zero-order valence-corrected chi connectivity index (χ0v) is 19.9. The highest BCUT2D eigenvalue weighted by molar-refractivity contribution is 9.10. The van der Waals surface area contributed by atoms with Crippen molar-refractivity contribution >= 4 is 50.9 Å². The molecule has 8 heteroatoms. The molecule has 0 spiro atoms. The van der Waals surface area contributed by atoms with Crippen molar-refractivity contribution < 1.29 is 19.1 Å². The minimum Gasteiger partial charge on any atom is -0.465 e. The Hall–Kier alpha value is -2.32. The van der Waals surface area contributed by atoms with Gasteiger partial charge in [0.2, 0.25) is 0 Å². The number of aromatic nitrogens is 1. The van der Waals surface area contributed by atoms with Crippen molar-refractivity contribution in [3.63, 3.8) is 0 Å². The summed E-state index contributed by atoms with van der Waals surface area (Å²) in [4.78, 5) is 37.8. The van der Waals surface area contributed by atoms with Gasteiger partial charge in [-0.3, -0.25) is 19.3 Å². The monoisotopic (exact) mass is 490 g/mol. The first-order valence-electron chi connectivity index (χ1n) is 9.51. The van der Waals surface area contributed by atoms with Crippen LogP contribution in [0.1, 0.15) is 35.0 Å². The number of benzene rings is 1. The predicted octanol–water partition coefficient (Wildman–Crippen LogP) is 5.07. The lowest BCUT2D eigenvalue weighted by molar-refractivity contribution is -0.145. The minimum atomic E-state index is -0.597. The average Bonchev–Trinajstić information content (AvgIpc) is 3.09. The Morgan fingerprint density at radius 2 is 1.77 bits per heavy atom. The van der Waals surface area contributed by atoms with Crippen LogP contribution in [0.3, 0.4) is 0 Å². The molecule has 30 heavy (non-hydrogen) atoms. The molecule has 6 nitrogen and oxygen atoms in total. The molecule has 0 saturated carbocycles. The number of rotatable bonds is 5. The van der Waals surface area contributed by atoms with E-state index in [9.17, 15) is 14.4 Å². The van der Waals surface area contributed by atoms with Crippen LogP contribution in [0.25, 0.3) is 11.8 Å². The topological polar surface area (TPSA) is 68.6 Å². The first-order valence-corrected chi connectivity index (χ1v) is 11.1. The van der Waals surface area contributed by atoms with Gasteiger partial charge in [-0.15, -0.1) is 0 Å². The van der Waals surface area contributed by atoms with Gasteiger partial charge in [-0.1, -0.05) is 15.9 Å². The summed E-state index contributed by atoms with van der Waals surface area (Å²) < 4.78 is 8.06. The number of aryl methyl sites for hydroxylation is 3. The summed E-state index contributed by atoms with van der Waals surface area (Å²) in [5.74, 6) is -1.07. The molecule has 158 valence electrons. The first-order chi connectivity index (χ1) is 14.1. The van der Waals surface area contributed by atoms with Crippen LogP contribution in [0.2, 0.25) is 0 Å². The standard InChI is InChI=1S/C22H23BrN2O4S/c1-6-29-19(26)11-24-21(27)18(30-22(24)28)10-16-9-14(4)25(15(16)5)17-7-12(2)20(23)13(3)8-17/h7-10H,6,11H2,1-5H3/b18-10-. The number of imide groups is 1. The Morgan fingerprint density at radius 3 is 2.37 bits per heavy atom. The van der Waals surface area contributed by atoms with Crippen molar-refractivity contribution in [3.8, 4) is 5.69 Å². The average molecular weight is 491 g/mol. The third kappa shape index (κ3) is 4.25. The van der Waals surface area contributed by atoms with Gasteiger partial charge in [-0.25, -0.2) is 0 Å². The van der Waals surface area contributed by atoms with Crippen molar-refractivity contribution in [1.29, 1.82) is 0 Å². The van der Waals surface area contributed by atoms with Crippen LogP contribution < -0.4 is 0 Å².